The van der Waals surface area contributed by atoms with Crippen molar-refractivity contribution < 1.29 is 84.3 Å². The van der Waals surface area contributed by atoms with Gasteiger partial charge in [0.2, 0.25) is 41.4 Å². The minimum absolute atomic E-state index is 0.0725. The summed E-state index contributed by atoms with van der Waals surface area (Å²) in [7, 11) is 0. The van der Waals surface area contributed by atoms with Crippen LogP contribution in [-0.2, 0) is 38.4 Å². The number of amides is 7. The molecule has 24 heteroatoms. The molecule has 24 nitrogen and oxygen atoms in total. The van der Waals surface area contributed by atoms with Gasteiger partial charge in [-0.15, -0.1) is 0 Å². The van der Waals surface area contributed by atoms with E-state index in [1.54, 1.807) is 0 Å². The molecular formula is C51H81N7O17. The lowest BCUT2D eigenvalue weighted by molar-refractivity contribution is -0.150. The topological polar surface area (TPSA) is 399 Å². The number of nitrogens with two attached hydrogens (primary N) is 1. The van der Waals surface area contributed by atoms with Crippen LogP contribution in [0.25, 0.3) is 0 Å². The number of carbonyl (C=O) groups excluding carboxylic acids is 8. The zero-order chi connectivity index (χ0) is 55.8. The maximum atomic E-state index is 14.4. The first kappa shape index (κ1) is 62.2. The summed E-state index contributed by atoms with van der Waals surface area (Å²) in [6.07, 6.45) is -10.8. The van der Waals surface area contributed by atoms with Gasteiger partial charge >= 0.3 is 0 Å². The SMILES string of the molecule is CCC(C)CC(C)CCCCCCCCC(=O)N[C@H]1C[C@@H](O)[C@@H](O)NC(=O)[C@@H]2[C@@H](O)CCN2C(=O)[C@H]([C@H](O)CC(N)=O)NC(=O)[C@H](C(O)[C@@H](O)c2ccc(O)cc2)CC(=O)[C@@H]2C[C@@H](O)CN2C(=O)[C@H](C(C)O)NC1=O. The van der Waals surface area contributed by atoms with Crippen LogP contribution in [0.2, 0.25) is 0 Å². The van der Waals surface area contributed by atoms with E-state index in [-0.39, 0.29) is 24.2 Å². The zero-order valence-corrected chi connectivity index (χ0v) is 43.3. The second kappa shape index (κ2) is 29.3. The molecule has 1 aromatic rings. The van der Waals surface area contributed by atoms with E-state index >= 15 is 0 Å². The minimum Gasteiger partial charge on any atom is -0.508 e. The Morgan fingerprint density at radius 2 is 1.37 bits per heavy atom. The summed E-state index contributed by atoms with van der Waals surface area (Å²) < 4.78 is 0. The van der Waals surface area contributed by atoms with Crippen molar-refractivity contribution in [2.24, 2.45) is 23.5 Å². The van der Waals surface area contributed by atoms with Crippen molar-refractivity contribution >= 4 is 47.1 Å². The molecule has 3 aliphatic rings. The Balaban J connectivity index is 1.69. The number of carbonyl (C=O) groups is 8. The van der Waals surface area contributed by atoms with Crippen molar-refractivity contribution in [1.29, 1.82) is 0 Å². The quantitative estimate of drug-likeness (QED) is 0.0614. The van der Waals surface area contributed by atoms with E-state index in [0.717, 1.165) is 62.5 Å². The number of fused-ring (bicyclic) bond motifs is 2. The first-order valence-corrected chi connectivity index (χ1v) is 26.2. The van der Waals surface area contributed by atoms with Crippen molar-refractivity contribution in [3.05, 3.63) is 29.8 Å². The molecule has 0 spiro atoms. The lowest BCUT2D eigenvalue weighted by atomic mass is 9.86. The standard InChI is InChI=1S/C51H81N7O17/c1-5-26(2)20-27(3)12-10-8-6-7-9-11-13-40(67)53-33-23-38(65)48(72)56-49(73)43-35(62)18-19-57(43)51(75)42(37(64)24-39(52)66)55-46(70)32(45(69)44(68)29-14-16-30(60)17-15-29)22-36(63)34-21-31(61)25-58(34)50(74)41(28(4)59)54-47(33)71/h14-17,26-28,31-35,37-38,41-45,48,59-62,64-65,68-69,72H,5-13,18-25H2,1-4H3,(H2,52,66)(H,53,67)(H,54,71)(H,55,70)(H,56,73)/t26?,27?,28?,31-,32+,33+,34+,35+,37-,38-,41+,42+,43+,44+,45?,48-/m1/s1. The third kappa shape index (κ3) is 17.9. The van der Waals surface area contributed by atoms with Crippen LogP contribution in [0.4, 0.5) is 0 Å². The number of rotatable bonds is 20. The fourth-order valence-corrected chi connectivity index (χ4v) is 10.1. The van der Waals surface area contributed by atoms with E-state index in [2.05, 4.69) is 42.0 Å². The Morgan fingerprint density at radius 1 is 0.760 bits per heavy atom. The molecule has 0 bridgehead atoms. The molecule has 0 saturated carbocycles. The number of hydrogen-bond donors (Lipinski definition) is 14. The monoisotopic (exact) mass is 1060 g/mol. The summed E-state index contributed by atoms with van der Waals surface area (Å²) in [5, 5.41) is 108. The lowest BCUT2D eigenvalue weighted by Gasteiger charge is -2.34. The molecule has 4 rings (SSSR count). The van der Waals surface area contributed by atoms with E-state index in [1.807, 2.05) is 0 Å². The van der Waals surface area contributed by atoms with Gasteiger partial charge in [0.05, 0.1) is 48.9 Å². The fraction of sp³-hybridized carbons (Fsp3) is 0.725. The number of phenolic OH excluding ortho intramolecular Hbond substituents is 1. The third-order valence-corrected chi connectivity index (χ3v) is 14.6. The molecular weight excluding hydrogens is 983 g/mol. The number of primary amides is 1. The molecule has 3 heterocycles. The highest BCUT2D eigenvalue weighted by atomic mass is 16.3. The van der Waals surface area contributed by atoms with Gasteiger partial charge in [0.15, 0.2) is 12.0 Å². The average Bonchev–Trinajstić information content (AvgIpc) is 3.95. The van der Waals surface area contributed by atoms with E-state index in [4.69, 9.17) is 5.73 Å². The van der Waals surface area contributed by atoms with E-state index in [1.165, 1.54) is 18.6 Å². The second-order valence-corrected chi connectivity index (χ2v) is 20.9. The zero-order valence-electron chi connectivity index (χ0n) is 43.3. The molecule has 3 aliphatic heterocycles. The van der Waals surface area contributed by atoms with Crippen LogP contribution in [0.1, 0.15) is 136 Å². The van der Waals surface area contributed by atoms with Gasteiger partial charge in [-0.25, -0.2) is 0 Å². The van der Waals surface area contributed by atoms with Gasteiger partial charge < -0.3 is 82.8 Å². The number of hydrogen-bond acceptors (Lipinski definition) is 17. The first-order chi connectivity index (χ1) is 35.3. The normalized spacial score (nSPS) is 29.1. The molecule has 1 aromatic carbocycles. The molecule has 3 saturated heterocycles. The summed E-state index contributed by atoms with van der Waals surface area (Å²) in [5.41, 5.74) is 5.26. The predicted molar refractivity (Wildman–Crippen MR) is 267 cm³/mol. The van der Waals surface area contributed by atoms with E-state index in [0.29, 0.717) is 29.6 Å². The van der Waals surface area contributed by atoms with Crippen LogP contribution < -0.4 is 27.0 Å². The van der Waals surface area contributed by atoms with Gasteiger partial charge in [-0.3, -0.25) is 38.4 Å². The number of unbranched alkanes of at least 4 members (excludes halogenated alkanes) is 5. The largest absolute Gasteiger partial charge is 0.508 e. The number of benzene rings is 1. The molecule has 7 amide bonds. The van der Waals surface area contributed by atoms with Crippen molar-refractivity contribution in [2.45, 2.75) is 203 Å². The predicted octanol–water partition coefficient (Wildman–Crippen LogP) is -2.25. The molecule has 0 radical (unpaired) electrons. The highest BCUT2D eigenvalue weighted by Crippen LogP contribution is 2.30. The van der Waals surface area contributed by atoms with Gasteiger partial charge in [0.1, 0.15) is 42.1 Å². The Kier molecular flexibility index (Phi) is 24.3. The molecule has 16 atom stereocenters. The van der Waals surface area contributed by atoms with Gasteiger partial charge in [0, 0.05) is 38.8 Å². The number of ketones is 1. The van der Waals surface area contributed by atoms with Crippen molar-refractivity contribution in [2.75, 3.05) is 13.1 Å². The molecule has 0 aromatic heterocycles. The molecule has 422 valence electrons. The first-order valence-electron chi connectivity index (χ1n) is 26.2. The summed E-state index contributed by atoms with van der Waals surface area (Å²) in [6, 6.07) is -4.73. The van der Waals surface area contributed by atoms with Crippen LogP contribution in [0.5, 0.6) is 5.75 Å². The van der Waals surface area contributed by atoms with Crippen molar-refractivity contribution in [3.63, 3.8) is 0 Å². The number of Topliss-reactive ketones (excluding diaryl/α,β-unsaturated/α-hetero) is 1. The Hall–Kier alpha value is -5.34. The molecule has 0 aliphatic carbocycles. The van der Waals surface area contributed by atoms with Gasteiger partial charge in [0.25, 0.3) is 0 Å². The lowest BCUT2D eigenvalue weighted by Crippen LogP contribution is -2.61. The maximum Gasteiger partial charge on any atom is 0.248 e. The summed E-state index contributed by atoms with van der Waals surface area (Å²) in [5.74, 6) is -10.2. The summed E-state index contributed by atoms with van der Waals surface area (Å²) in [4.78, 5) is 113. The Morgan fingerprint density at radius 3 is 2.00 bits per heavy atom. The minimum atomic E-state index is -2.27. The van der Waals surface area contributed by atoms with Crippen LogP contribution >= 0.6 is 0 Å². The van der Waals surface area contributed by atoms with Gasteiger partial charge in [-0.2, -0.15) is 0 Å². The molecule has 4 unspecified atom stereocenters. The highest BCUT2D eigenvalue weighted by molar-refractivity contribution is 5.98. The smallest absolute Gasteiger partial charge is 0.248 e. The van der Waals surface area contributed by atoms with Gasteiger partial charge in [-0.1, -0.05) is 77.8 Å². The van der Waals surface area contributed by atoms with Crippen LogP contribution in [-0.4, -0.2) is 189 Å². The number of aliphatic hydroxyl groups excluding tert-OH is 8. The number of phenols is 1. The van der Waals surface area contributed by atoms with Crippen LogP contribution in [0, 0.1) is 17.8 Å². The number of nitrogens with zero attached hydrogens (tertiary/aromatic N) is 2. The average molecular weight is 1060 g/mol. The Bertz CT molecular complexity index is 2100. The number of aliphatic hydroxyl groups is 8. The van der Waals surface area contributed by atoms with Gasteiger partial charge in [-0.05, 0) is 55.7 Å². The van der Waals surface area contributed by atoms with Crippen molar-refractivity contribution in [1.82, 2.24) is 31.1 Å². The maximum absolute atomic E-state index is 14.4. The molecule has 3 fully saturated rings. The van der Waals surface area contributed by atoms with E-state index < -0.39 is 171 Å². The Labute approximate surface area is 436 Å². The number of nitrogens with one attached hydrogen (secondary N) is 4. The number of aromatic hydroxyl groups is 1. The summed E-state index contributed by atoms with van der Waals surface area (Å²) >= 11 is 0. The van der Waals surface area contributed by atoms with Crippen molar-refractivity contribution in [3.8, 4) is 5.75 Å². The van der Waals surface area contributed by atoms with Crippen LogP contribution in [0.3, 0.4) is 0 Å². The molecule has 75 heavy (non-hydrogen) atoms. The third-order valence-electron chi connectivity index (χ3n) is 14.6. The molecule has 15 N–H and O–H groups in total. The summed E-state index contributed by atoms with van der Waals surface area (Å²) in [6.45, 7) is 6.84. The fourth-order valence-electron chi connectivity index (χ4n) is 10.1. The second-order valence-electron chi connectivity index (χ2n) is 20.9. The van der Waals surface area contributed by atoms with Crippen LogP contribution in [0.15, 0.2) is 24.3 Å². The highest BCUT2D eigenvalue weighted by Gasteiger charge is 2.49. The van der Waals surface area contributed by atoms with E-state index in [9.17, 15) is 84.3 Å².